The van der Waals surface area contributed by atoms with Crippen molar-refractivity contribution in [2.45, 2.75) is 0 Å². The summed E-state index contributed by atoms with van der Waals surface area (Å²) in [5, 5.41) is 1.10. The van der Waals surface area contributed by atoms with Crippen LogP contribution in [0, 0.1) is 0 Å². The highest BCUT2D eigenvalue weighted by Crippen LogP contribution is 2.50. The maximum absolute atomic E-state index is 6.58. The number of hydrogen-bond acceptors (Lipinski definition) is 1. The molecule has 0 aromatic heterocycles. The monoisotopic (exact) mass is 422 g/mol. The zero-order valence-corrected chi connectivity index (χ0v) is 18.1. The zero-order valence-electron chi connectivity index (χ0n) is 18.1. The SMILES string of the molecule is C(=Cc1c2oc3ccccc3cc-2c(-c2ccccc2)c1-c1ccccc1)c1ccccc1. The van der Waals surface area contributed by atoms with E-state index in [1.54, 1.807) is 0 Å². The second-order valence-corrected chi connectivity index (χ2v) is 8.17. The van der Waals surface area contributed by atoms with E-state index in [1.165, 1.54) is 22.3 Å². The average molecular weight is 423 g/mol. The normalized spacial score (nSPS) is 11.5. The summed E-state index contributed by atoms with van der Waals surface area (Å²) < 4.78 is 6.58. The Kier molecular flexibility index (Phi) is 4.86. The van der Waals surface area contributed by atoms with Crippen molar-refractivity contribution in [1.82, 2.24) is 0 Å². The van der Waals surface area contributed by atoms with Crippen LogP contribution >= 0.6 is 0 Å². The van der Waals surface area contributed by atoms with Crippen LogP contribution in [0.4, 0.5) is 0 Å². The van der Waals surface area contributed by atoms with E-state index in [0.717, 1.165) is 33.4 Å². The number of rotatable bonds is 4. The van der Waals surface area contributed by atoms with Crippen LogP contribution < -0.4 is 0 Å². The largest absolute Gasteiger partial charge is 0.455 e. The van der Waals surface area contributed by atoms with E-state index >= 15 is 0 Å². The standard InChI is InChI=1S/C32H22O/c1-4-12-23(13-5-1)20-21-27-30(24-14-6-2-7-15-24)31(25-16-8-3-9-17-25)28-22-26-18-10-11-19-29(26)33-32(27)28/h1-22H. The minimum Gasteiger partial charge on any atom is -0.455 e. The maximum Gasteiger partial charge on any atom is 0.143 e. The van der Waals surface area contributed by atoms with Crippen molar-refractivity contribution in [3.05, 3.63) is 132 Å². The topological polar surface area (TPSA) is 13.1 Å². The van der Waals surface area contributed by atoms with Crippen LogP contribution in [0.2, 0.25) is 0 Å². The van der Waals surface area contributed by atoms with Gasteiger partial charge in [-0.2, -0.15) is 0 Å². The number of fused-ring (bicyclic) bond motifs is 2. The lowest BCUT2D eigenvalue weighted by Gasteiger charge is -2.08. The van der Waals surface area contributed by atoms with Gasteiger partial charge in [-0.25, -0.2) is 0 Å². The van der Waals surface area contributed by atoms with Gasteiger partial charge in [0.15, 0.2) is 0 Å². The number of hydrogen-bond donors (Lipinski definition) is 0. The van der Waals surface area contributed by atoms with Gasteiger partial charge in [0, 0.05) is 27.6 Å². The van der Waals surface area contributed by atoms with Crippen LogP contribution in [0.25, 0.3) is 56.7 Å². The molecule has 0 spiro atoms. The van der Waals surface area contributed by atoms with E-state index in [9.17, 15) is 0 Å². The molecule has 0 saturated heterocycles. The summed E-state index contributed by atoms with van der Waals surface area (Å²) >= 11 is 0. The summed E-state index contributed by atoms with van der Waals surface area (Å²) in [6, 6.07) is 42.1. The molecule has 0 bridgehead atoms. The van der Waals surface area contributed by atoms with Crippen molar-refractivity contribution in [3.8, 4) is 33.6 Å². The van der Waals surface area contributed by atoms with E-state index in [0.29, 0.717) is 0 Å². The third-order valence-electron chi connectivity index (χ3n) is 6.08. The van der Waals surface area contributed by atoms with E-state index in [2.05, 4.69) is 115 Å². The lowest BCUT2D eigenvalue weighted by atomic mass is 9.95. The van der Waals surface area contributed by atoms with Gasteiger partial charge in [0.25, 0.3) is 0 Å². The van der Waals surface area contributed by atoms with Crippen molar-refractivity contribution in [1.29, 1.82) is 0 Å². The second-order valence-electron chi connectivity index (χ2n) is 8.17. The molecule has 0 unspecified atom stereocenters. The van der Waals surface area contributed by atoms with E-state index in [-0.39, 0.29) is 0 Å². The Balaban J connectivity index is 1.73. The Hall–Kier alpha value is -4.36. The minimum absolute atomic E-state index is 0.892. The molecule has 1 aliphatic heterocycles. The summed E-state index contributed by atoms with van der Waals surface area (Å²) in [6.45, 7) is 0. The van der Waals surface area contributed by atoms with Gasteiger partial charge in [-0.3, -0.25) is 0 Å². The first-order valence-corrected chi connectivity index (χ1v) is 11.2. The first-order valence-electron chi connectivity index (χ1n) is 11.2. The van der Waals surface area contributed by atoms with Gasteiger partial charge in [-0.1, -0.05) is 115 Å². The van der Waals surface area contributed by atoms with Crippen LogP contribution in [-0.2, 0) is 0 Å². The van der Waals surface area contributed by atoms with Crippen molar-refractivity contribution in [2.24, 2.45) is 0 Å². The first-order chi connectivity index (χ1) is 16.4. The number of benzene rings is 4. The lowest BCUT2D eigenvalue weighted by molar-refractivity contribution is 0.621. The Labute approximate surface area is 193 Å². The van der Waals surface area contributed by atoms with Crippen LogP contribution in [-0.4, -0.2) is 0 Å². The lowest BCUT2D eigenvalue weighted by Crippen LogP contribution is -1.83. The predicted molar refractivity (Wildman–Crippen MR) is 139 cm³/mol. The van der Waals surface area contributed by atoms with Gasteiger partial charge < -0.3 is 4.42 Å². The van der Waals surface area contributed by atoms with Crippen LogP contribution in [0.1, 0.15) is 11.1 Å². The molecule has 6 rings (SSSR count). The fourth-order valence-electron chi connectivity index (χ4n) is 4.56. The van der Waals surface area contributed by atoms with Crippen LogP contribution in [0.5, 0.6) is 0 Å². The molecule has 0 amide bonds. The highest BCUT2D eigenvalue weighted by Gasteiger charge is 2.26. The molecule has 4 aromatic carbocycles. The summed E-state index contributed by atoms with van der Waals surface area (Å²) in [7, 11) is 0. The Morgan fingerprint density at radius 3 is 1.79 bits per heavy atom. The predicted octanol–water partition coefficient (Wildman–Crippen LogP) is 9.04. The fraction of sp³-hybridized carbons (Fsp3) is 0. The molecule has 0 fully saturated rings. The molecule has 1 heterocycles. The fourth-order valence-corrected chi connectivity index (χ4v) is 4.56. The molecule has 0 saturated carbocycles. The third-order valence-corrected chi connectivity index (χ3v) is 6.08. The first kappa shape index (κ1) is 19.3. The molecular formula is C32H22O. The summed E-state index contributed by atoms with van der Waals surface area (Å²) in [6.07, 6.45) is 4.37. The average Bonchev–Trinajstić information content (AvgIpc) is 3.20. The summed E-state index contributed by atoms with van der Waals surface area (Å²) in [5.41, 5.74) is 9.06. The highest BCUT2D eigenvalue weighted by molar-refractivity contribution is 6.07. The number of para-hydroxylation sites is 1. The summed E-state index contributed by atoms with van der Waals surface area (Å²) in [5.74, 6) is 0.915. The van der Waals surface area contributed by atoms with Crippen LogP contribution in [0.15, 0.2) is 126 Å². The van der Waals surface area contributed by atoms with Gasteiger partial charge in [0.1, 0.15) is 11.3 Å². The molecule has 0 radical (unpaired) electrons. The Morgan fingerprint density at radius 2 is 1.09 bits per heavy atom. The highest BCUT2D eigenvalue weighted by atomic mass is 16.3. The van der Waals surface area contributed by atoms with E-state index in [4.69, 9.17) is 4.42 Å². The zero-order chi connectivity index (χ0) is 22.0. The quantitative estimate of drug-likeness (QED) is 0.276. The van der Waals surface area contributed by atoms with Gasteiger partial charge in [0.2, 0.25) is 0 Å². The molecule has 33 heavy (non-hydrogen) atoms. The van der Waals surface area contributed by atoms with Crippen molar-refractivity contribution >= 4 is 23.1 Å². The van der Waals surface area contributed by atoms with Crippen molar-refractivity contribution < 1.29 is 4.42 Å². The molecule has 1 heteroatoms. The van der Waals surface area contributed by atoms with Gasteiger partial charge in [-0.15, -0.1) is 0 Å². The smallest absolute Gasteiger partial charge is 0.143 e. The summed E-state index contributed by atoms with van der Waals surface area (Å²) in [4.78, 5) is 0. The molecule has 1 aliphatic carbocycles. The molecule has 2 aliphatic rings. The Morgan fingerprint density at radius 1 is 0.515 bits per heavy atom. The second kappa shape index (κ2) is 8.29. The Bertz CT molecular complexity index is 1520. The minimum atomic E-state index is 0.892. The molecule has 156 valence electrons. The molecular weight excluding hydrogens is 400 g/mol. The molecule has 0 atom stereocenters. The van der Waals surface area contributed by atoms with Crippen LogP contribution in [0.3, 0.4) is 0 Å². The van der Waals surface area contributed by atoms with E-state index in [1.807, 2.05) is 18.2 Å². The molecule has 4 aromatic rings. The third kappa shape index (κ3) is 3.54. The van der Waals surface area contributed by atoms with Gasteiger partial charge >= 0.3 is 0 Å². The van der Waals surface area contributed by atoms with Crippen molar-refractivity contribution in [3.63, 3.8) is 0 Å². The van der Waals surface area contributed by atoms with Gasteiger partial charge in [-0.05, 0) is 34.9 Å². The van der Waals surface area contributed by atoms with Crippen molar-refractivity contribution in [2.75, 3.05) is 0 Å². The molecule has 0 N–H and O–H groups in total. The van der Waals surface area contributed by atoms with Gasteiger partial charge in [0.05, 0.1) is 0 Å². The van der Waals surface area contributed by atoms with E-state index < -0.39 is 0 Å². The maximum atomic E-state index is 6.58. The molecule has 1 nitrogen and oxygen atoms in total.